The first-order valence-electron chi connectivity index (χ1n) is 4.89. The van der Waals surface area contributed by atoms with Gasteiger partial charge in [0.25, 0.3) is 5.92 Å². The molecule has 0 saturated carbocycles. The molecule has 0 N–H and O–H groups in total. The van der Waals surface area contributed by atoms with Crippen molar-refractivity contribution in [2.75, 3.05) is 19.6 Å². The van der Waals surface area contributed by atoms with Crippen LogP contribution in [0.5, 0.6) is 0 Å². The number of likely N-dealkylation sites (tertiary alicyclic amines) is 1. The Labute approximate surface area is 79.1 Å². The van der Waals surface area contributed by atoms with Gasteiger partial charge < -0.3 is 0 Å². The molecule has 78 valence electrons. The lowest BCUT2D eigenvalue weighted by molar-refractivity contribution is -0.0698. The summed E-state index contributed by atoms with van der Waals surface area (Å²) < 4.78 is 26.0. The Morgan fingerprint density at radius 2 is 1.92 bits per heavy atom. The zero-order chi connectivity index (χ0) is 10.1. The molecule has 1 saturated heterocycles. The third kappa shape index (κ3) is 4.03. The van der Waals surface area contributed by atoms with Crippen LogP contribution in [0.3, 0.4) is 0 Å². The van der Waals surface area contributed by atoms with Gasteiger partial charge in [0, 0.05) is 13.0 Å². The van der Waals surface area contributed by atoms with Crippen molar-refractivity contribution in [1.29, 1.82) is 0 Å². The lowest BCUT2D eigenvalue weighted by atomic mass is 9.94. The van der Waals surface area contributed by atoms with Gasteiger partial charge in [-0.2, -0.15) is 0 Å². The molecule has 3 heteroatoms. The number of hydrogen-bond donors (Lipinski definition) is 0. The molecule has 1 nitrogen and oxygen atoms in total. The van der Waals surface area contributed by atoms with Crippen LogP contribution >= 0.6 is 0 Å². The molecule has 1 fully saturated rings. The van der Waals surface area contributed by atoms with Crippen molar-refractivity contribution in [1.82, 2.24) is 4.90 Å². The highest BCUT2D eigenvalue weighted by Gasteiger charge is 2.35. The second-order valence-corrected chi connectivity index (χ2v) is 5.23. The third-order valence-electron chi connectivity index (χ3n) is 2.17. The Hall–Kier alpha value is -0.180. The Morgan fingerprint density at radius 3 is 2.38 bits per heavy atom. The minimum Gasteiger partial charge on any atom is -0.297 e. The highest BCUT2D eigenvalue weighted by Crippen LogP contribution is 2.28. The number of piperidine rings is 1. The zero-order valence-electron chi connectivity index (χ0n) is 8.74. The van der Waals surface area contributed by atoms with Crippen LogP contribution in [0.25, 0.3) is 0 Å². The van der Waals surface area contributed by atoms with E-state index in [-0.39, 0.29) is 18.4 Å². The minimum absolute atomic E-state index is 0.0513. The van der Waals surface area contributed by atoms with Gasteiger partial charge in [-0.1, -0.05) is 20.8 Å². The largest absolute Gasteiger partial charge is 0.297 e. The van der Waals surface area contributed by atoms with E-state index in [4.69, 9.17) is 0 Å². The molecule has 0 aromatic carbocycles. The van der Waals surface area contributed by atoms with Crippen LogP contribution in [-0.2, 0) is 0 Å². The lowest BCUT2D eigenvalue weighted by Crippen LogP contribution is -2.45. The van der Waals surface area contributed by atoms with Crippen molar-refractivity contribution in [3.8, 4) is 0 Å². The first kappa shape index (κ1) is 10.9. The third-order valence-corrected chi connectivity index (χ3v) is 2.17. The fourth-order valence-corrected chi connectivity index (χ4v) is 1.85. The number of halogens is 2. The summed E-state index contributed by atoms with van der Waals surface area (Å²) in [6.45, 7) is 7.79. The van der Waals surface area contributed by atoms with Crippen molar-refractivity contribution < 1.29 is 8.78 Å². The molecule has 0 aromatic rings. The van der Waals surface area contributed by atoms with Crippen LogP contribution in [-0.4, -0.2) is 30.5 Å². The molecule has 0 radical (unpaired) electrons. The molecule has 1 aliphatic rings. The predicted molar refractivity (Wildman–Crippen MR) is 50.1 cm³/mol. The number of hydrogen-bond acceptors (Lipinski definition) is 1. The molecule has 13 heavy (non-hydrogen) atoms. The highest BCUT2D eigenvalue weighted by molar-refractivity contribution is 4.81. The van der Waals surface area contributed by atoms with E-state index in [0.717, 1.165) is 13.1 Å². The smallest absolute Gasteiger partial charge is 0.260 e. The van der Waals surface area contributed by atoms with Gasteiger partial charge in [0.05, 0.1) is 6.54 Å². The van der Waals surface area contributed by atoms with Crippen LogP contribution in [0.2, 0.25) is 0 Å². The van der Waals surface area contributed by atoms with Crippen LogP contribution in [0, 0.1) is 5.41 Å². The van der Waals surface area contributed by atoms with Crippen molar-refractivity contribution in [2.24, 2.45) is 5.41 Å². The standard InChI is InChI=1S/C10H19F2N/c1-9(2,3)7-13-6-4-5-10(11,12)8-13/h4-8H2,1-3H3. The van der Waals surface area contributed by atoms with Gasteiger partial charge >= 0.3 is 0 Å². The first-order chi connectivity index (χ1) is 5.79. The molecule has 1 rings (SSSR count). The van der Waals surface area contributed by atoms with E-state index < -0.39 is 5.92 Å². The van der Waals surface area contributed by atoms with Gasteiger partial charge in [-0.25, -0.2) is 8.78 Å². The lowest BCUT2D eigenvalue weighted by Gasteiger charge is -2.36. The number of rotatable bonds is 1. The molecule has 0 spiro atoms. The molecule has 1 aliphatic heterocycles. The van der Waals surface area contributed by atoms with Gasteiger partial charge in [-0.15, -0.1) is 0 Å². The molecule has 1 heterocycles. The van der Waals surface area contributed by atoms with Crippen molar-refractivity contribution in [3.05, 3.63) is 0 Å². The summed E-state index contributed by atoms with van der Waals surface area (Å²) in [5, 5.41) is 0. The fourth-order valence-electron chi connectivity index (χ4n) is 1.85. The van der Waals surface area contributed by atoms with Gasteiger partial charge in [-0.05, 0) is 18.4 Å². The maximum atomic E-state index is 13.0. The van der Waals surface area contributed by atoms with E-state index in [0.29, 0.717) is 6.42 Å². The number of nitrogens with zero attached hydrogens (tertiary/aromatic N) is 1. The quantitative estimate of drug-likeness (QED) is 0.616. The highest BCUT2D eigenvalue weighted by atomic mass is 19.3. The van der Waals surface area contributed by atoms with Gasteiger partial charge in [0.1, 0.15) is 0 Å². The van der Waals surface area contributed by atoms with Crippen LogP contribution < -0.4 is 0 Å². The zero-order valence-corrected chi connectivity index (χ0v) is 8.74. The van der Waals surface area contributed by atoms with E-state index in [1.165, 1.54) is 0 Å². The molecular formula is C10H19F2N. The van der Waals surface area contributed by atoms with Gasteiger partial charge in [0.15, 0.2) is 0 Å². The van der Waals surface area contributed by atoms with Gasteiger partial charge in [-0.3, -0.25) is 4.90 Å². The Morgan fingerprint density at radius 1 is 1.31 bits per heavy atom. The summed E-state index contributed by atoms with van der Waals surface area (Å²) in [6, 6.07) is 0. The average molecular weight is 191 g/mol. The summed E-state index contributed by atoms with van der Waals surface area (Å²) in [6.07, 6.45) is 0.691. The summed E-state index contributed by atoms with van der Waals surface area (Å²) in [4.78, 5) is 1.88. The topological polar surface area (TPSA) is 3.24 Å². The minimum atomic E-state index is -2.45. The van der Waals surface area contributed by atoms with Crippen molar-refractivity contribution in [2.45, 2.75) is 39.5 Å². The van der Waals surface area contributed by atoms with E-state index in [2.05, 4.69) is 20.8 Å². The van der Waals surface area contributed by atoms with E-state index in [1.54, 1.807) is 0 Å². The Balaban J connectivity index is 2.44. The summed E-state index contributed by atoms with van der Waals surface area (Å²) in [5.41, 5.74) is 0.118. The predicted octanol–water partition coefficient (Wildman–Crippen LogP) is 2.76. The normalized spacial score (nSPS) is 24.7. The van der Waals surface area contributed by atoms with Gasteiger partial charge in [0.2, 0.25) is 0 Å². The average Bonchev–Trinajstić information content (AvgIpc) is 1.79. The van der Waals surface area contributed by atoms with E-state index >= 15 is 0 Å². The summed E-state index contributed by atoms with van der Waals surface area (Å²) >= 11 is 0. The molecule has 0 unspecified atom stereocenters. The Bertz CT molecular complexity index is 170. The summed E-state index contributed by atoms with van der Waals surface area (Å²) in [5.74, 6) is -2.45. The SMILES string of the molecule is CC(C)(C)CN1CCCC(F)(F)C1. The second-order valence-electron chi connectivity index (χ2n) is 5.23. The molecule has 0 aromatic heterocycles. The molecule has 0 bridgehead atoms. The monoisotopic (exact) mass is 191 g/mol. The first-order valence-corrected chi connectivity index (χ1v) is 4.89. The summed E-state index contributed by atoms with van der Waals surface area (Å²) in [7, 11) is 0. The van der Waals surface area contributed by atoms with E-state index in [9.17, 15) is 8.78 Å². The van der Waals surface area contributed by atoms with Crippen molar-refractivity contribution in [3.63, 3.8) is 0 Å². The van der Waals surface area contributed by atoms with E-state index in [1.807, 2.05) is 4.90 Å². The maximum absolute atomic E-state index is 13.0. The molecular weight excluding hydrogens is 172 g/mol. The second kappa shape index (κ2) is 3.52. The fraction of sp³-hybridized carbons (Fsp3) is 1.00. The van der Waals surface area contributed by atoms with Crippen LogP contribution in [0.4, 0.5) is 8.78 Å². The molecule has 0 aliphatic carbocycles. The Kier molecular flexibility index (Phi) is 2.95. The number of alkyl halides is 2. The maximum Gasteiger partial charge on any atom is 0.260 e. The molecule has 0 amide bonds. The van der Waals surface area contributed by atoms with Crippen molar-refractivity contribution >= 4 is 0 Å². The van der Waals surface area contributed by atoms with Crippen LogP contribution in [0.1, 0.15) is 33.6 Å². The van der Waals surface area contributed by atoms with Crippen LogP contribution in [0.15, 0.2) is 0 Å². The molecule has 0 atom stereocenters.